The van der Waals surface area contributed by atoms with Crippen molar-refractivity contribution in [3.8, 4) is 11.4 Å². The van der Waals surface area contributed by atoms with Gasteiger partial charge >= 0.3 is 0 Å². The number of anilines is 1. The van der Waals surface area contributed by atoms with Crippen LogP contribution in [-0.2, 0) is 11.2 Å². The minimum atomic E-state index is 0.439. The molecule has 2 rings (SSSR count). The Morgan fingerprint density at radius 3 is 2.62 bits per heavy atom. The van der Waals surface area contributed by atoms with Crippen LogP contribution in [0.25, 0.3) is 11.4 Å². The van der Waals surface area contributed by atoms with Gasteiger partial charge in [0.2, 0.25) is 0 Å². The van der Waals surface area contributed by atoms with Gasteiger partial charge in [0, 0.05) is 31.9 Å². The monoisotopic (exact) mass is 305 g/mol. The fourth-order valence-electron chi connectivity index (χ4n) is 1.96. The summed E-state index contributed by atoms with van der Waals surface area (Å²) in [5.41, 5.74) is 2.26. The second-order valence-electron chi connectivity index (χ2n) is 4.72. The molecular formula is C16H20ClN3O. The van der Waals surface area contributed by atoms with Crippen molar-refractivity contribution in [2.24, 2.45) is 0 Å². The van der Waals surface area contributed by atoms with E-state index in [0.717, 1.165) is 37.4 Å². The molecule has 21 heavy (non-hydrogen) atoms. The smallest absolute Gasteiger partial charge is 0.163 e. The Morgan fingerprint density at radius 2 is 1.95 bits per heavy atom. The summed E-state index contributed by atoms with van der Waals surface area (Å²) < 4.78 is 5.02. The molecule has 1 heterocycles. The van der Waals surface area contributed by atoms with Crippen LogP contribution in [0.5, 0.6) is 0 Å². The number of hydrogen-bond acceptors (Lipinski definition) is 4. The quantitative estimate of drug-likeness (QED) is 0.624. The molecule has 112 valence electrons. The Balaban J connectivity index is 2.13. The van der Waals surface area contributed by atoms with E-state index >= 15 is 0 Å². The van der Waals surface area contributed by atoms with Gasteiger partial charge in [0.05, 0.1) is 0 Å². The first-order valence-corrected chi connectivity index (χ1v) is 7.47. The van der Waals surface area contributed by atoms with E-state index in [1.807, 2.05) is 12.1 Å². The zero-order chi connectivity index (χ0) is 15.1. The molecule has 0 aliphatic rings. The van der Waals surface area contributed by atoms with Crippen LogP contribution in [0.3, 0.4) is 0 Å². The fraction of sp³-hybridized carbons (Fsp3) is 0.375. The normalized spacial score (nSPS) is 10.6. The Morgan fingerprint density at radius 1 is 1.19 bits per heavy atom. The molecule has 0 bridgehead atoms. The van der Waals surface area contributed by atoms with Gasteiger partial charge in [0.1, 0.15) is 11.0 Å². The lowest BCUT2D eigenvalue weighted by Crippen LogP contribution is -2.07. The predicted molar refractivity (Wildman–Crippen MR) is 86.8 cm³/mol. The van der Waals surface area contributed by atoms with Crippen molar-refractivity contribution in [1.82, 2.24) is 9.97 Å². The van der Waals surface area contributed by atoms with Crippen LogP contribution >= 0.6 is 11.6 Å². The zero-order valence-electron chi connectivity index (χ0n) is 12.4. The lowest BCUT2D eigenvalue weighted by Gasteiger charge is -2.08. The van der Waals surface area contributed by atoms with Gasteiger partial charge in [-0.05, 0) is 18.4 Å². The first kappa shape index (κ1) is 15.7. The van der Waals surface area contributed by atoms with Gasteiger partial charge in [-0.3, -0.25) is 0 Å². The van der Waals surface area contributed by atoms with E-state index in [4.69, 9.17) is 16.3 Å². The third-order valence-electron chi connectivity index (χ3n) is 3.15. The number of hydrogen-bond donors (Lipinski definition) is 1. The summed E-state index contributed by atoms with van der Waals surface area (Å²) in [5.74, 6) is 1.38. The molecule has 0 atom stereocenters. The number of ether oxygens (including phenoxy) is 1. The molecule has 2 aromatic rings. The van der Waals surface area contributed by atoms with E-state index < -0.39 is 0 Å². The van der Waals surface area contributed by atoms with Crippen LogP contribution in [0.15, 0.2) is 30.3 Å². The Labute approximate surface area is 130 Å². The molecule has 4 nitrogen and oxygen atoms in total. The van der Waals surface area contributed by atoms with Gasteiger partial charge in [-0.15, -0.1) is 0 Å². The van der Waals surface area contributed by atoms with E-state index in [-0.39, 0.29) is 0 Å². The highest BCUT2D eigenvalue weighted by Crippen LogP contribution is 2.21. The van der Waals surface area contributed by atoms with Crippen molar-refractivity contribution in [1.29, 1.82) is 0 Å². The topological polar surface area (TPSA) is 47.0 Å². The third kappa shape index (κ3) is 4.69. The van der Waals surface area contributed by atoms with E-state index in [1.54, 1.807) is 13.2 Å². The molecule has 0 amide bonds. The van der Waals surface area contributed by atoms with E-state index in [9.17, 15) is 0 Å². The largest absolute Gasteiger partial charge is 0.385 e. The minimum absolute atomic E-state index is 0.439. The van der Waals surface area contributed by atoms with Crippen molar-refractivity contribution in [3.63, 3.8) is 0 Å². The first-order valence-electron chi connectivity index (χ1n) is 7.09. The number of nitrogens with one attached hydrogen (secondary N) is 1. The molecule has 0 saturated carbocycles. The molecule has 0 aliphatic carbocycles. The van der Waals surface area contributed by atoms with Gasteiger partial charge in [-0.25, -0.2) is 9.97 Å². The highest BCUT2D eigenvalue weighted by atomic mass is 35.5. The first-order chi connectivity index (χ1) is 10.2. The summed E-state index contributed by atoms with van der Waals surface area (Å²) >= 11 is 6.08. The standard InChI is InChI=1S/C16H20ClN3O/c1-3-12-5-7-13(8-6-12)16-19-14(17)11-15(20-16)18-9-4-10-21-2/h5-8,11H,3-4,9-10H2,1-2H3,(H,18,19,20). The molecule has 0 spiro atoms. The SMILES string of the molecule is CCc1ccc(-c2nc(Cl)cc(NCCCOC)n2)cc1. The van der Waals surface area contributed by atoms with Crippen molar-refractivity contribution < 1.29 is 4.74 Å². The molecule has 0 fully saturated rings. The summed E-state index contributed by atoms with van der Waals surface area (Å²) in [7, 11) is 1.69. The van der Waals surface area contributed by atoms with Crippen molar-refractivity contribution in [2.75, 3.05) is 25.6 Å². The van der Waals surface area contributed by atoms with Crippen LogP contribution in [0.4, 0.5) is 5.82 Å². The van der Waals surface area contributed by atoms with E-state index in [1.165, 1.54) is 5.56 Å². The number of nitrogens with zero attached hydrogens (tertiary/aromatic N) is 2. The summed E-state index contributed by atoms with van der Waals surface area (Å²) in [6.07, 6.45) is 1.93. The van der Waals surface area contributed by atoms with E-state index in [2.05, 4.69) is 34.3 Å². The summed E-state index contributed by atoms with van der Waals surface area (Å²) in [6.45, 7) is 3.64. The Kier molecular flexibility index (Phi) is 5.96. The summed E-state index contributed by atoms with van der Waals surface area (Å²) in [6, 6.07) is 9.97. The summed E-state index contributed by atoms with van der Waals surface area (Å²) in [5, 5.41) is 3.68. The highest BCUT2D eigenvalue weighted by Gasteiger charge is 2.06. The molecule has 0 radical (unpaired) electrons. The molecular weight excluding hydrogens is 286 g/mol. The second kappa shape index (κ2) is 7.96. The zero-order valence-corrected chi connectivity index (χ0v) is 13.2. The highest BCUT2D eigenvalue weighted by molar-refractivity contribution is 6.29. The number of aromatic nitrogens is 2. The van der Waals surface area contributed by atoms with E-state index in [0.29, 0.717) is 11.0 Å². The maximum Gasteiger partial charge on any atom is 0.163 e. The molecule has 0 aliphatic heterocycles. The lowest BCUT2D eigenvalue weighted by atomic mass is 10.1. The third-order valence-corrected chi connectivity index (χ3v) is 3.34. The van der Waals surface area contributed by atoms with Crippen molar-refractivity contribution >= 4 is 17.4 Å². The number of rotatable bonds is 7. The molecule has 1 N–H and O–H groups in total. The molecule has 1 aromatic heterocycles. The summed E-state index contributed by atoms with van der Waals surface area (Å²) in [4.78, 5) is 8.80. The lowest BCUT2D eigenvalue weighted by molar-refractivity contribution is 0.198. The average Bonchev–Trinajstić information content (AvgIpc) is 2.51. The number of aryl methyl sites for hydroxylation is 1. The minimum Gasteiger partial charge on any atom is -0.385 e. The molecule has 5 heteroatoms. The van der Waals surface area contributed by atoms with Crippen molar-refractivity contribution in [3.05, 3.63) is 41.0 Å². The predicted octanol–water partition coefficient (Wildman–Crippen LogP) is 3.81. The maximum atomic E-state index is 6.08. The molecule has 0 saturated heterocycles. The Bertz CT molecular complexity index is 572. The van der Waals surface area contributed by atoms with Crippen LogP contribution in [0, 0.1) is 0 Å². The fourth-order valence-corrected chi connectivity index (χ4v) is 2.14. The van der Waals surface area contributed by atoms with Gasteiger partial charge in [-0.2, -0.15) is 0 Å². The number of halogens is 1. The van der Waals surface area contributed by atoms with Gasteiger partial charge in [0.25, 0.3) is 0 Å². The van der Waals surface area contributed by atoms with Gasteiger partial charge in [0.15, 0.2) is 5.82 Å². The number of benzene rings is 1. The van der Waals surface area contributed by atoms with Crippen LogP contribution in [-0.4, -0.2) is 30.2 Å². The average molecular weight is 306 g/mol. The maximum absolute atomic E-state index is 6.08. The number of methoxy groups -OCH3 is 1. The van der Waals surface area contributed by atoms with Crippen LogP contribution in [0.1, 0.15) is 18.9 Å². The molecule has 1 aromatic carbocycles. The van der Waals surface area contributed by atoms with Gasteiger partial charge < -0.3 is 10.1 Å². The molecule has 0 unspecified atom stereocenters. The van der Waals surface area contributed by atoms with Crippen LogP contribution < -0.4 is 5.32 Å². The van der Waals surface area contributed by atoms with Crippen molar-refractivity contribution in [2.45, 2.75) is 19.8 Å². The van der Waals surface area contributed by atoms with Gasteiger partial charge in [-0.1, -0.05) is 42.8 Å². The Hall–Kier alpha value is -1.65. The van der Waals surface area contributed by atoms with Crippen LogP contribution in [0.2, 0.25) is 5.15 Å². The second-order valence-corrected chi connectivity index (χ2v) is 5.11.